The van der Waals surface area contributed by atoms with E-state index >= 15 is 0 Å². The Balaban J connectivity index is 0.860. The van der Waals surface area contributed by atoms with E-state index in [-0.39, 0.29) is 46.6 Å². The zero-order valence-corrected chi connectivity index (χ0v) is 39.2. The molecule has 0 spiro atoms. The van der Waals surface area contributed by atoms with Gasteiger partial charge in [-0.15, -0.1) is 0 Å². The summed E-state index contributed by atoms with van der Waals surface area (Å²) < 4.78 is 56.3. The number of halogens is 4. The number of nitrogens with one attached hydrogen (secondary N) is 1. The number of likely N-dealkylation sites (tertiary alicyclic amines) is 1. The number of nitrogens with zero attached hydrogens (tertiary/aromatic N) is 3. The number of alkyl halides is 2. The van der Waals surface area contributed by atoms with Crippen LogP contribution in [-0.4, -0.2) is 79.3 Å². The third-order valence-corrected chi connectivity index (χ3v) is 13.9. The summed E-state index contributed by atoms with van der Waals surface area (Å²) in [5, 5.41) is 15.2. The number of aromatic nitrogens is 1. The maximum atomic E-state index is 14.2. The number of amides is 2. The number of rotatable bonds is 18. The van der Waals surface area contributed by atoms with E-state index in [1.54, 1.807) is 24.3 Å². The van der Waals surface area contributed by atoms with E-state index in [2.05, 4.69) is 10.2 Å². The summed E-state index contributed by atoms with van der Waals surface area (Å²) in [6, 6.07) is 27.1. The van der Waals surface area contributed by atoms with Gasteiger partial charge in [-0.2, -0.15) is 13.5 Å². The fourth-order valence-corrected chi connectivity index (χ4v) is 9.93. The van der Waals surface area contributed by atoms with E-state index in [1.807, 2.05) is 54.6 Å². The Morgan fingerprint density at radius 2 is 1.54 bits per heavy atom. The van der Waals surface area contributed by atoms with Crippen molar-refractivity contribution in [1.29, 1.82) is 0 Å². The molecule has 4 saturated heterocycles. The van der Waals surface area contributed by atoms with Crippen LogP contribution in [-0.2, 0) is 27.3 Å². The number of alkyl carbamates (subject to hydrolysis) is 1. The standard InChI is InChI=1S/C52H52Cl2F2N4O9/c53-41-27-59(64)28-42(54)40(41)26-45(37-17-18-44(68-51(55)56)46(25-37)66-31-32-11-12-32)67-50(62)43-10-5-21-60(43)49(61)36-15-13-33(14-16-36)30-65-39-9-4-8-38(24-39)48(35-6-2-1-3-7-35)57-52(63)69-47-29-58-22-19-34(47)20-23-58/h1-4,6-9,13-18,24-25,27-28,32,34,43,45,47-48,51H,5,10-12,19-23,26,29-31H2,(H,57,63)/t43-,45-,47-,48-/m0/s1. The summed E-state index contributed by atoms with van der Waals surface area (Å²) in [5.41, 5.74) is 3.56. The summed E-state index contributed by atoms with van der Waals surface area (Å²) in [5.74, 6) is 0.0754. The van der Waals surface area contributed by atoms with Crippen LogP contribution in [0, 0.1) is 17.0 Å². The molecule has 1 aliphatic carbocycles. The quantitative estimate of drug-likeness (QED) is 0.0513. The molecular formula is C52H52Cl2F2N4O9. The molecule has 4 aromatic carbocycles. The van der Waals surface area contributed by atoms with Crippen molar-refractivity contribution in [2.24, 2.45) is 11.8 Å². The number of carbonyl (C=O) groups is 3. The molecule has 1 saturated carbocycles. The van der Waals surface area contributed by atoms with Crippen LogP contribution in [0.5, 0.6) is 17.2 Å². The van der Waals surface area contributed by atoms with Gasteiger partial charge in [0, 0.05) is 30.6 Å². The van der Waals surface area contributed by atoms with Crippen LogP contribution in [0.15, 0.2) is 109 Å². The molecule has 4 atom stereocenters. The van der Waals surface area contributed by atoms with Crippen LogP contribution in [0.25, 0.3) is 0 Å². The second-order valence-corrected chi connectivity index (χ2v) is 18.9. The van der Waals surface area contributed by atoms with E-state index in [4.69, 9.17) is 46.9 Å². The highest BCUT2D eigenvalue weighted by Crippen LogP contribution is 2.39. The number of ether oxygens (including phenoxy) is 5. The van der Waals surface area contributed by atoms with Crippen molar-refractivity contribution in [2.45, 2.75) is 82.5 Å². The SMILES string of the molecule is O=C(N[C@@H](c1ccccc1)c1cccc(OCc2ccc(C(=O)N3CCC[C@H]3C(=O)O[C@@H](Cc3c(Cl)c[n+]([O-])cc3Cl)c3ccc(OC(F)F)c(OCC4CC4)c3)cc2)c1)O[C@H]1CN2CCC1CC2. The van der Waals surface area contributed by atoms with Gasteiger partial charge >= 0.3 is 18.7 Å². The van der Waals surface area contributed by atoms with Crippen LogP contribution in [0.1, 0.15) is 88.8 Å². The number of esters is 1. The fraction of sp³-hybridized carbons (Fsp3) is 0.385. The van der Waals surface area contributed by atoms with Crippen LogP contribution >= 0.6 is 23.2 Å². The second kappa shape index (κ2) is 21.6. The number of fused-ring (bicyclic) bond motifs is 3. The first kappa shape index (κ1) is 47.9. The van der Waals surface area contributed by atoms with Gasteiger partial charge in [-0.05, 0) is 122 Å². The maximum Gasteiger partial charge on any atom is 0.408 e. The highest BCUT2D eigenvalue weighted by molar-refractivity contribution is 6.35. The second-order valence-electron chi connectivity index (χ2n) is 18.0. The molecule has 5 heterocycles. The van der Waals surface area contributed by atoms with Gasteiger partial charge in [-0.1, -0.05) is 83.9 Å². The molecule has 5 aliphatic rings. The van der Waals surface area contributed by atoms with E-state index in [9.17, 15) is 28.4 Å². The minimum absolute atomic E-state index is 0.0314. The van der Waals surface area contributed by atoms with Crippen LogP contribution in [0.2, 0.25) is 10.0 Å². The predicted molar refractivity (Wildman–Crippen MR) is 251 cm³/mol. The van der Waals surface area contributed by atoms with Gasteiger partial charge in [0.05, 0.1) is 12.6 Å². The minimum Gasteiger partial charge on any atom is -0.619 e. The van der Waals surface area contributed by atoms with Crippen molar-refractivity contribution in [3.63, 3.8) is 0 Å². The minimum atomic E-state index is -3.10. The van der Waals surface area contributed by atoms with Gasteiger partial charge < -0.3 is 39.1 Å². The van der Waals surface area contributed by atoms with Gasteiger partial charge in [0.1, 0.15) is 40.7 Å². The topological polar surface area (TPSA) is 143 Å². The molecule has 1 aromatic heterocycles. The Morgan fingerprint density at radius 3 is 2.23 bits per heavy atom. The van der Waals surface area contributed by atoms with Crippen molar-refractivity contribution in [2.75, 3.05) is 32.8 Å². The van der Waals surface area contributed by atoms with Gasteiger partial charge in [-0.25, -0.2) is 9.59 Å². The molecule has 17 heteroatoms. The lowest BCUT2D eigenvalue weighted by Gasteiger charge is -2.43. The lowest BCUT2D eigenvalue weighted by atomic mass is 9.86. The van der Waals surface area contributed by atoms with E-state index < -0.39 is 36.9 Å². The van der Waals surface area contributed by atoms with Crippen LogP contribution in [0.4, 0.5) is 13.6 Å². The average Bonchev–Trinajstić information content (AvgIpc) is 4.05. The first-order valence-corrected chi connectivity index (χ1v) is 24.1. The van der Waals surface area contributed by atoms with Gasteiger partial charge in [0.2, 0.25) is 0 Å². The number of piperidine rings is 3. The Labute approximate surface area is 408 Å². The molecule has 2 amide bonds. The third-order valence-electron chi connectivity index (χ3n) is 13.3. The average molecular weight is 986 g/mol. The van der Waals surface area contributed by atoms with Crippen LogP contribution < -0.4 is 24.3 Å². The van der Waals surface area contributed by atoms with E-state index in [0.717, 1.165) is 74.4 Å². The predicted octanol–water partition coefficient (Wildman–Crippen LogP) is 9.64. The van der Waals surface area contributed by atoms with Crippen molar-refractivity contribution in [1.82, 2.24) is 15.1 Å². The Kier molecular flexibility index (Phi) is 15.0. The number of hydrogen-bond acceptors (Lipinski definition) is 10. The molecule has 0 radical (unpaired) electrons. The molecule has 69 heavy (non-hydrogen) atoms. The van der Waals surface area contributed by atoms with Gasteiger partial charge in [0.25, 0.3) is 5.91 Å². The number of hydrogen-bond donors (Lipinski definition) is 1. The highest BCUT2D eigenvalue weighted by atomic mass is 35.5. The lowest BCUT2D eigenvalue weighted by Crippen LogP contribution is -2.52. The van der Waals surface area contributed by atoms with Crippen molar-refractivity contribution in [3.05, 3.63) is 158 Å². The molecule has 13 nitrogen and oxygen atoms in total. The molecule has 0 unspecified atom stereocenters. The van der Waals surface area contributed by atoms with Crippen molar-refractivity contribution in [3.8, 4) is 17.2 Å². The molecule has 1 N–H and O–H groups in total. The highest BCUT2D eigenvalue weighted by Gasteiger charge is 2.39. The van der Waals surface area contributed by atoms with Crippen LogP contribution in [0.3, 0.4) is 0 Å². The molecule has 362 valence electrons. The number of carbonyl (C=O) groups excluding carboxylic acids is 3. The molecule has 2 bridgehead atoms. The fourth-order valence-electron chi connectivity index (χ4n) is 9.33. The summed E-state index contributed by atoms with van der Waals surface area (Å²) >= 11 is 12.9. The smallest absolute Gasteiger partial charge is 0.408 e. The van der Waals surface area contributed by atoms with Gasteiger partial charge in [0.15, 0.2) is 23.9 Å². The Morgan fingerprint density at radius 1 is 0.797 bits per heavy atom. The Bertz CT molecular complexity index is 2590. The summed E-state index contributed by atoms with van der Waals surface area (Å²) in [4.78, 5) is 45.4. The number of pyridine rings is 1. The normalized spacial score (nSPS) is 20.5. The van der Waals surface area contributed by atoms with E-state index in [0.29, 0.717) is 65.0 Å². The zero-order chi connectivity index (χ0) is 48.0. The first-order valence-electron chi connectivity index (χ1n) is 23.3. The maximum absolute atomic E-state index is 14.2. The van der Waals surface area contributed by atoms with E-state index in [1.165, 1.54) is 23.1 Å². The third kappa shape index (κ3) is 12.0. The molecular weight excluding hydrogens is 933 g/mol. The summed E-state index contributed by atoms with van der Waals surface area (Å²) in [7, 11) is 0. The summed E-state index contributed by atoms with van der Waals surface area (Å²) in [6.07, 6.45) is 5.34. The molecule has 5 aromatic rings. The summed E-state index contributed by atoms with van der Waals surface area (Å²) in [6.45, 7) is 0.546. The first-order chi connectivity index (χ1) is 33.4. The zero-order valence-electron chi connectivity index (χ0n) is 37.7. The molecule has 4 aliphatic heterocycles. The Hall–Kier alpha value is -6.16. The molecule has 5 fully saturated rings. The van der Waals surface area contributed by atoms with Crippen molar-refractivity contribution >= 4 is 41.2 Å². The van der Waals surface area contributed by atoms with Gasteiger partial charge in [-0.3, -0.25) is 9.69 Å². The largest absolute Gasteiger partial charge is 0.619 e. The number of benzene rings is 4. The monoisotopic (exact) mass is 984 g/mol. The van der Waals surface area contributed by atoms with Crippen molar-refractivity contribution < 1.29 is 51.6 Å². The lowest BCUT2D eigenvalue weighted by molar-refractivity contribution is -0.605. The molecule has 10 rings (SSSR count).